The first-order chi connectivity index (χ1) is 15.7. The molecule has 2 heterocycles. The highest BCUT2D eigenvalue weighted by atomic mass is 32.2. The Labute approximate surface area is 188 Å². The molecule has 9 nitrogen and oxygen atoms in total. The minimum absolute atomic E-state index is 0.0241. The van der Waals surface area contributed by atoms with Gasteiger partial charge in [0, 0.05) is 30.6 Å². The van der Waals surface area contributed by atoms with Crippen molar-refractivity contribution in [2.75, 3.05) is 19.7 Å². The third-order valence-corrected chi connectivity index (χ3v) is 6.25. The molecule has 1 aromatic heterocycles. The summed E-state index contributed by atoms with van der Waals surface area (Å²) < 4.78 is 53.4. The van der Waals surface area contributed by atoms with Crippen molar-refractivity contribution in [1.29, 1.82) is 0 Å². The van der Waals surface area contributed by atoms with Crippen LogP contribution < -0.4 is 10.9 Å². The summed E-state index contributed by atoms with van der Waals surface area (Å²) in [5.74, 6) is -0.738. The maximum absolute atomic E-state index is 12.4. The summed E-state index contributed by atoms with van der Waals surface area (Å²) in [6.45, 7) is -1.02. The number of aromatic nitrogens is 1. The zero-order valence-electron chi connectivity index (χ0n) is 17.3. The van der Waals surface area contributed by atoms with E-state index < -0.39 is 40.4 Å². The number of benzene rings is 1. The normalized spacial score (nSPS) is 13.7. The molecule has 0 saturated carbocycles. The number of H-pyrrole nitrogens is 1. The number of fused-ring (bicyclic) bond motifs is 1. The topological polar surface area (TPSA) is 126 Å². The number of rotatable bonds is 7. The number of hydrogen-bond acceptors (Lipinski definition) is 6. The van der Waals surface area contributed by atoms with E-state index in [4.69, 9.17) is 0 Å². The fourth-order valence-electron chi connectivity index (χ4n) is 3.17. The number of pyridine rings is 1. The van der Waals surface area contributed by atoms with E-state index >= 15 is 0 Å². The molecule has 1 aliphatic heterocycles. The molecule has 0 fully saturated rings. The van der Waals surface area contributed by atoms with Gasteiger partial charge in [0.15, 0.2) is 16.4 Å². The Kier molecular flexibility index (Phi) is 7.59. The number of alkyl halides is 2. The predicted octanol–water partition coefficient (Wildman–Crippen LogP) is 1.85. The van der Waals surface area contributed by atoms with Crippen molar-refractivity contribution in [3.8, 4) is 0 Å². The lowest BCUT2D eigenvalue weighted by molar-refractivity contribution is 0.0299. The molecule has 0 unspecified atom stereocenters. The van der Waals surface area contributed by atoms with Crippen molar-refractivity contribution in [1.82, 2.24) is 15.2 Å². The lowest BCUT2D eigenvalue weighted by atomic mass is 10.0. The van der Waals surface area contributed by atoms with E-state index in [9.17, 15) is 31.6 Å². The van der Waals surface area contributed by atoms with Gasteiger partial charge in [-0.05, 0) is 23.8 Å². The number of nitrogens with zero attached hydrogens (tertiary/aromatic N) is 1. The second-order valence-corrected chi connectivity index (χ2v) is 8.93. The lowest BCUT2D eigenvalue weighted by Gasteiger charge is -2.28. The minimum Gasteiger partial charge on any atom is -0.443 e. The van der Waals surface area contributed by atoms with Crippen molar-refractivity contribution in [2.45, 2.75) is 24.3 Å². The number of hydrogen-bond donors (Lipinski definition) is 2. The van der Waals surface area contributed by atoms with Crippen LogP contribution in [0.2, 0.25) is 0 Å². The van der Waals surface area contributed by atoms with Crippen LogP contribution in [0.25, 0.3) is 0 Å². The molecule has 176 valence electrons. The van der Waals surface area contributed by atoms with E-state index in [-0.39, 0.29) is 36.5 Å². The molecular weight excluding hydrogens is 460 g/mol. The van der Waals surface area contributed by atoms with Gasteiger partial charge < -0.3 is 19.9 Å². The number of ether oxygens (including phenoxy) is 1. The van der Waals surface area contributed by atoms with Gasteiger partial charge in [-0.3, -0.25) is 9.59 Å². The van der Waals surface area contributed by atoms with Crippen LogP contribution in [0, 0.1) is 0 Å². The lowest BCUT2D eigenvalue weighted by Crippen LogP contribution is -2.39. The van der Waals surface area contributed by atoms with Crippen molar-refractivity contribution in [2.24, 2.45) is 0 Å². The molecule has 2 N–H and O–H groups in total. The second kappa shape index (κ2) is 10.4. The molecule has 2 aromatic rings. The van der Waals surface area contributed by atoms with Gasteiger partial charge >= 0.3 is 6.09 Å². The van der Waals surface area contributed by atoms with Crippen LogP contribution in [0.15, 0.2) is 57.6 Å². The zero-order chi connectivity index (χ0) is 24.0. The average Bonchev–Trinajstić information content (AvgIpc) is 2.80. The molecule has 0 saturated heterocycles. The molecule has 0 bridgehead atoms. The molecule has 0 aliphatic carbocycles. The van der Waals surface area contributed by atoms with Crippen LogP contribution in [0.1, 0.15) is 21.6 Å². The molecule has 1 aromatic carbocycles. The van der Waals surface area contributed by atoms with Gasteiger partial charge in [0.2, 0.25) is 0 Å². The molecular formula is C21H21F2N3O6S. The summed E-state index contributed by atoms with van der Waals surface area (Å²) in [7, 11) is -3.66. The zero-order valence-corrected chi connectivity index (χ0v) is 18.1. The Hall–Kier alpha value is -3.54. The quantitative estimate of drug-likeness (QED) is 0.622. The van der Waals surface area contributed by atoms with E-state index in [2.05, 4.69) is 15.0 Å². The fourth-order valence-corrected chi connectivity index (χ4v) is 4.21. The number of nitrogens with one attached hydrogen (secondary N) is 2. The Morgan fingerprint density at radius 3 is 2.67 bits per heavy atom. The molecule has 0 radical (unpaired) electrons. The van der Waals surface area contributed by atoms with Crippen LogP contribution >= 0.6 is 0 Å². The van der Waals surface area contributed by atoms with Crippen LogP contribution in [0.3, 0.4) is 0 Å². The summed E-state index contributed by atoms with van der Waals surface area (Å²) in [4.78, 5) is 40.5. The number of aromatic amines is 1. The monoisotopic (exact) mass is 481 g/mol. The third kappa shape index (κ3) is 6.25. The van der Waals surface area contributed by atoms with Crippen molar-refractivity contribution < 1.29 is 31.5 Å². The summed E-state index contributed by atoms with van der Waals surface area (Å²) in [6.07, 6.45) is -2.19. The first-order valence-electron chi connectivity index (χ1n) is 9.87. The Morgan fingerprint density at radius 2 is 1.97 bits per heavy atom. The van der Waals surface area contributed by atoms with Crippen LogP contribution in [-0.2, 0) is 27.5 Å². The predicted molar refractivity (Wildman–Crippen MR) is 114 cm³/mol. The van der Waals surface area contributed by atoms with E-state index in [1.54, 1.807) is 18.2 Å². The average molecular weight is 481 g/mol. The van der Waals surface area contributed by atoms with Gasteiger partial charge in [0.05, 0.1) is 11.4 Å². The Bertz CT molecular complexity index is 1210. The molecule has 2 amide bonds. The molecule has 1 aliphatic rings. The molecule has 0 atom stereocenters. The smallest absolute Gasteiger partial charge is 0.410 e. The van der Waals surface area contributed by atoms with Crippen molar-refractivity contribution >= 4 is 21.8 Å². The van der Waals surface area contributed by atoms with Crippen molar-refractivity contribution in [3.63, 3.8) is 0 Å². The molecule has 33 heavy (non-hydrogen) atoms. The number of halogens is 2. The first-order valence-corrected chi connectivity index (χ1v) is 11.4. The summed E-state index contributed by atoms with van der Waals surface area (Å²) in [5.41, 5.74) is 0.141. The van der Waals surface area contributed by atoms with Gasteiger partial charge in [0.25, 0.3) is 17.9 Å². The summed E-state index contributed by atoms with van der Waals surface area (Å²) in [6, 6.07) is 9.06. The van der Waals surface area contributed by atoms with Crippen LogP contribution in [-0.4, -0.2) is 56.4 Å². The van der Waals surface area contributed by atoms with Gasteiger partial charge in [-0.1, -0.05) is 24.3 Å². The molecule has 12 heteroatoms. The minimum atomic E-state index is -3.66. The van der Waals surface area contributed by atoms with Crippen LogP contribution in [0.4, 0.5) is 13.6 Å². The highest BCUT2D eigenvalue weighted by molar-refractivity contribution is 7.94. The second-order valence-electron chi connectivity index (χ2n) is 7.10. The van der Waals surface area contributed by atoms with Gasteiger partial charge in [-0.25, -0.2) is 22.0 Å². The number of amides is 2. The van der Waals surface area contributed by atoms with Gasteiger partial charge in [0.1, 0.15) is 5.56 Å². The number of carbonyl (C=O) groups excluding carboxylic acids is 2. The number of carbonyl (C=O) groups is 2. The van der Waals surface area contributed by atoms with Crippen LogP contribution in [0.5, 0.6) is 0 Å². The van der Waals surface area contributed by atoms with E-state index in [0.717, 1.165) is 5.41 Å². The highest BCUT2D eigenvalue weighted by Crippen LogP contribution is 2.18. The fraction of sp³-hybridized carbons (Fsp3) is 0.286. The summed E-state index contributed by atoms with van der Waals surface area (Å²) in [5, 5.41) is 3.40. The Balaban J connectivity index is 1.64. The molecule has 0 spiro atoms. The van der Waals surface area contributed by atoms with E-state index in [1.807, 2.05) is 0 Å². The highest BCUT2D eigenvalue weighted by Gasteiger charge is 2.25. The third-order valence-electron chi connectivity index (χ3n) is 4.77. The number of sulfone groups is 1. The maximum Gasteiger partial charge on any atom is 0.410 e. The van der Waals surface area contributed by atoms with Crippen molar-refractivity contribution in [3.05, 3.63) is 75.1 Å². The largest absolute Gasteiger partial charge is 0.443 e. The van der Waals surface area contributed by atoms with E-state index in [0.29, 0.717) is 11.3 Å². The van der Waals surface area contributed by atoms with E-state index in [1.165, 1.54) is 29.2 Å². The Morgan fingerprint density at radius 1 is 1.24 bits per heavy atom. The maximum atomic E-state index is 12.4. The SMILES string of the molecule is O=C(NC/C=C/S(=O)(=O)c1ccccc1)c1cc2c([nH]c1=O)CCN(C(=O)OCC(F)F)C2. The first kappa shape index (κ1) is 24.1. The van der Waals surface area contributed by atoms with Gasteiger partial charge in [-0.15, -0.1) is 0 Å². The molecule has 3 rings (SSSR count). The summed E-state index contributed by atoms with van der Waals surface area (Å²) >= 11 is 0. The standard InChI is InChI=1S/C21H21F2N3O6S/c22-18(23)13-32-21(29)26-9-7-17-14(12-26)11-16(20(28)25-17)19(27)24-8-4-10-33(30,31)15-5-2-1-3-6-15/h1-6,10-11,18H,7-9,12-13H2,(H,24,27)(H,25,28)/b10-4+. The van der Waals surface area contributed by atoms with Gasteiger partial charge in [-0.2, -0.15) is 0 Å².